The van der Waals surface area contributed by atoms with Crippen molar-refractivity contribution in [3.8, 4) is 0 Å². The summed E-state index contributed by atoms with van der Waals surface area (Å²) in [7, 11) is 0. The van der Waals surface area contributed by atoms with Crippen molar-refractivity contribution in [3.63, 3.8) is 0 Å². The van der Waals surface area contributed by atoms with Crippen molar-refractivity contribution in [2.24, 2.45) is 5.73 Å². The Kier molecular flexibility index (Phi) is 2.65. The fourth-order valence-corrected chi connectivity index (χ4v) is 1.02. The zero-order valence-electron chi connectivity index (χ0n) is 6.18. The van der Waals surface area contributed by atoms with Crippen molar-refractivity contribution in [1.29, 1.82) is 0 Å². The minimum Gasteiger partial charge on any atom is -0.366 e. The van der Waals surface area contributed by atoms with Crippen LogP contribution < -0.4 is 5.73 Å². The van der Waals surface area contributed by atoms with Gasteiger partial charge in [-0.25, -0.2) is 4.39 Å². The zero-order chi connectivity index (χ0) is 9.14. The Balaban J connectivity index is 3.15. The van der Waals surface area contributed by atoms with E-state index in [4.69, 9.17) is 17.3 Å². The summed E-state index contributed by atoms with van der Waals surface area (Å²) in [5.41, 5.74) is 5.65. The van der Waals surface area contributed by atoms with Crippen LogP contribution in [0.1, 0.15) is 15.9 Å². The molecular weight excluding hydrogens is 181 g/mol. The smallest absolute Gasteiger partial charge is 0.248 e. The summed E-state index contributed by atoms with van der Waals surface area (Å²) in [5, 5.41) is 0. The van der Waals surface area contributed by atoms with E-state index in [1.165, 1.54) is 12.1 Å². The van der Waals surface area contributed by atoms with Gasteiger partial charge in [-0.3, -0.25) is 4.79 Å². The number of halogens is 2. The number of alkyl halides is 1. The molecule has 0 unspecified atom stereocenters. The first-order valence-electron chi connectivity index (χ1n) is 3.28. The van der Waals surface area contributed by atoms with Gasteiger partial charge < -0.3 is 5.73 Å². The predicted octanol–water partition coefficient (Wildman–Crippen LogP) is 1.66. The summed E-state index contributed by atoms with van der Waals surface area (Å²) in [6, 6.07) is 3.82. The van der Waals surface area contributed by atoms with E-state index in [0.717, 1.165) is 6.07 Å². The van der Waals surface area contributed by atoms with Gasteiger partial charge in [0.15, 0.2) is 0 Å². The van der Waals surface area contributed by atoms with E-state index in [1.807, 2.05) is 0 Å². The largest absolute Gasteiger partial charge is 0.366 e. The van der Waals surface area contributed by atoms with E-state index in [1.54, 1.807) is 0 Å². The van der Waals surface area contributed by atoms with Gasteiger partial charge in [-0.1, -0.05) is 0 Å². The second-order valence-electron chi connectivity index (χ2n) is 2.35. The summed E-state index contributed by atoms with van der Waals surface area (Å²) in [4.78, 5) is 10.6. The van der Waals surface area contributed by atoms with Gasteiger partial charge in [-0.15, -0.1) is 11.6 Å². The summed E-state index contributed by atoms with van der Waals surface area (Å²) < 4.78 is 12.7. The van der Waals surface area contributed by atoms with Gasteiger partial charge in [0.05, 0.1) is 0 Å². The number of rotatable bonds is 2. The molecule has 0 fully saturated rings. The molecule has 0 atom stereocenters. The maximum absolute atomic E-state index is 12.7. The van der Waals surface area contributed by atoms with E-state index < -0.39 is 11.7 Å². The van der Waals surface area contributed by atoms with Gasteiger partial charge in [-0.05, 0) is 23.8 Å². The lowest BCUT2D eigenvalue weighted by atomic mass is 10.1. The monoisotopic (exact) mass is 187 g/mol. The number of benzene rings is 1. The predicted molar refractivity (Wildman–Crippen MR) is 44.5 cm³/mol. The summed E-state index contributed by atoms with van der Waals surface area (Å²) in [6.45, 7) is 0. The highest BCUT2D eigenvalue weighted by molar-refractivity contribution is 6.17. The number of primary amides is 1. The molecule has 1 amide bonds. The van der Waals surface area contributed by atoms with Crippen LogP contribution in [-0.2, 0) is 5.88 Å². The second-order valence-corrected chi connectivity index (χ2v) is 2.61. The molecule has 4 heteroatoms. The quantitative estimate of drug-likeness (QED) is 0.704. The van der Waals surface area contributed by atoms with Crippen LogP contribution in [0.5, 0.6) is 0 Å². The maximum atomic E-state index is 12.7. The first-order chi connectivity index (χ1) is 5.63. The van der Waals surface area contributed by atoms with Crippen LogP contribution in [0.4, 0.5) is 4.39 Å². The highest BCUT2D eigenvalue weighted by Crippen LogP contribution is 2.10. The molecule has 1 aromatic rings. The van der Waals surface area contributed by atoms with Crippen molar-refractivity contribution in [2.75, 3.05) is 0 Å². The highest BCUT2D eigenvalue weighted by Gasteiger charge is 2.04. The molecule has 12 heavy (non-hydrogen) atoms. The van der Waals surface area contributed by atoms with Crippen molar-refractivity contribution in [2.45, 2.75) is 5.88 Å². The number of nitrogens with two attached hydrogens (primary N) is 1. The first-order valence-corrected chi connectivity index (χ1v) is 3.82. The van der Waals surface area contributed by atoms with Crippen LogP contribution >= 0.6 is 11.6 Å². The Morgan fingerprint density at radius 3 is 2.67 bits per heavy atom. The van der Waals surface area contributed by atoms with Crippen molar-refractivity contribution < 1.29 is 9.18 Å². The number of carbonyl (C=O) groups excluding carboxylic acids is 1. The van der Waals surface area contributed by atoms with E-state index >= 15 is 0 Å². The third kappa shape index (κ3) is 1.95. The Hall–Kier alpha value is -1.09. The number of hydrogen-bond donors (Lipinski definition) is 1. The lowest BCUT2D eigenvalue weighted by Crippen LogP contribution is -2.11. The maximum Gasteiger partial charge on any atom is 0.248 e. The Morgan fingerprint density at radius 1 is 1.50 bits per heavy atom. The molecule has 0 spiro atoms. The molecule has 0 radical (unpaired) electrons. The topological polar surface area (TPSA) is 43.1 Å². The summed E-state index contributed by atoms with van der Waals surface area (Å²) in [6.07, 6.45) is 0. The van der Waals surface area contributed by atoms with E-state index in [2.05, 4.69) is 0 Å². The normalized spacial score (nSPS) is 9.83. The van der Waals surface area contributed by atoms with Gasteiger partial charge in [0.2, 0.25) is 5.91 Å². The van der Waals surface area contributed by atoms with Crippen molar-refractivity contribution >= 4 is 17.5 Å². The Bertz CT molecular complexity index is 314. The van der Waals surface area contributed by atoms with E-state index in [0.29, 0.717) is 5.56 Å². The third-order valence-electron chi connectivity index (χ3n) is 1.40. The van der Waals surface area contributed by atoms with Crippen molar-refractivity contribution in [1.82, 2.24) is 0 Å². The number of carbonyl (C=O) groups is 1. The number of amides is 1. The molecule has 0 saturated carbocycles. The summed E-state index contributed by atoms with van der Waals surface area (Å²) in [5.74, 6) is -0.985. The Labute approximate surface area is 74.1 Å². The van der Waals surface area contributed by atoms with Crippen LogP contribution in [0.15, 0.2) is 18.2 Å². The van der Waals surface area contributed by atoms with Gasteiger partial charge in [0, 0.05) is 11.4 Å². The fraction of sp³-hybridized carbons (Fsp3) is 0.125. The average Bonchev–Trinajstić information content (AvgIpc) is 2.03. The zero-order valence-corrected chi connectivity index (χ0v) is 6.94. The molecule has 0 aromatic heterocycles. The average molecular weight is 188 g/mol. The highest BCUT2D eigenvalue weighted by atomic mass is 35.5. The van der Waals surface area contributed by atoms with Gasteiger partial charge >= 0.3 is 0 Å². The molecule has 0 bridgehead atoms. The Morgan fingerprint density at radius 2 is 2.17 bits per heavy atom. The summed E-state index contributed by atoms with van der Waals surface area (Å²) >= 11 is 5.46. The van der Waals surface area contributed by atoms with Crippen LogP contribution in [0.25, 0.3) is 0 Å². The molecule has 2 nitrogen and oxygen atoms in total. The molecule has 64 valence electrons. The molecule has 0 aliphatic carbocycles. The molecule has 1 rings (SSSR count). The minimum atomic E-state index is -0.652. The molecule has 0 heterocycles. The minimum absolute atomic E-state index is 0.144. The van der Waals surface area contributed by atoms with Gasteiger partial charge in [-0.2, -0.15) is 0 Å². The van der Waals surface area contributed by atoms with Gasteiger partial charge in [0.1, 0.15) is 5.82 Å². The molecule has 0 aliphatic heterocycles. The SMILES string of the molecule is NC(=O)c1cc(F)cc(CCl)c1. The molecule has 1 aromatic carbocycles. The lowest BCUT2D eigenvalue weighted by molar-refractivity contribution is 0.1000. The van der Waals surface area contributed by atoms with Crippen molar-refractivity contribution in [3.05, 3.63) is 35.1 Å². The second kappa shape index (κ2) is 3.54. The van der Waals surface area contributed by atoms with E-state index in [-0.39, 0.29) is 11.4 Å². The van der Waals surface area contributed by atoms with Crippen LogP contribution in [0.3, 0.4) is 0 Å². The molecule has 2 N–H and O–H groups in total. The third-order valence-corrected chi connectivity index (χ3v) is 1.70. The molecule has 0 aliphatic rings. The van der Waals surface area contributed by atoms with Crippen LogP contribution in [0.2, 0.25) is 0 Å². The molecular formula is C8H7ClFNO. The van der Waals surface area contributed by atoms with Crippen LogP contribution in [-0.4, -0.2) is 5.91 Å². The van der Waals surface area contributed by atoms with Crippen LogP contribution in [0, 0.1) is 5.82 Å². The van der Waals surface area contributed by atoms with E-state index in [9.17, 15) is 9.18 Å². The number of hydrogen-bond acceptors (Lipinski definition) is 1. The molecule has 0 saturated heterocycles. The van der Waals surface area contributed by atoms with Gasteiger partial charge in [0.25, 0.3) is 0 Å². The fourth-order valence-electron chi connectivity index (χ4n) is 0.870. The lowest BCUT2D eigenvalue weighted by Gasteiger charge is -1.99. The standard InChI is InChI=1S/C8H7ClFNO/c9-4-5-1-6(8(11)12)3-7(10)2-5/h1-3H,4H2,(H2,11,12). The first kappa shape index (κ1) is 9.00.